The van der Waals surface area contributed by atoms with E-state index in [1.165, 1.54) is 0 Å². The van der Waals surface area contributed by atoms with Gasteiger partial charge in [-0.1, -0.05) is 6.92 Å². The van der Waals surface area contributed by atoms with E-state index in [-0.39, 0.29) is 6.61 Å². The maximum Gasteiger partial charge on any atom is 0.168 e. The first-order chi connectivity index (χ1) is 5.73. The van der Waals surface area contributed by atoms with Crippen LogP contribution in [0.2, 0.25) is 0 Å². The number of rotatable bonds is 4. The van der Waals surface area contributed by atoms with Crippen LogP contribution in [0.4, 0.5) is 0 Å². The van der Waals surface area contributed by atoms with Crippen LogP contribution >= 0.6 is 0 Å². The van der Waals surface area contributed by atoms with Gasteiger partial charge in [-0.25, -0.2) is 0 Å². The lowest BCUT2D eigenvalue weighted by atomic mass is 9.94. The van der Waals surface area contributed by atoms with Crippen molar-refractivity contribution in [2.75, 3.05) is 19.8 Å². The SMILES string of the molecule is CC[C@@H](CCO)C1(C)OCCO1. The number of hydrogen-bond donors (Lipinski definition) is 1. The fourth-order valence-corrected chi connectivity index (χ4v) is 1.76. The molecule has 1 heterocycles. The maximum absolute atomic E-state index is 8.83. The van der Waals surface area contributed by atoms with Crippen LogP contribution in [0.5, 0.6) is 0 Å². The average Bonchev–Trinajstić information content (AvgIpc) is 2.49. The van der Waals surface area contributed by atoms with Crippen LogP contribution in [-0.2, 0) is 9.47 Å². The highest BCUT2D eigenvalue weighted by Crippen LogP contribution is 2.31. The van der Waals surface area contributed by atoms with Crippen molar-refractivity contribution in [1.82, 2.24) is 0 Å². The predicted octanol–water partition coefficient (Wildman–Crippen LogP) is 1.16. The molecule has 12 heavy (non-hydrogen) atoms. The summed E-state index contributed by atoms with van der Waals surface area (Å²) in [5.41, 5.74) is 0. The molecule has 1 fully saturated rings. The molecule has 3 heteroatoms. The summed E-state index contributed by atoms with van der Waals surface area (Å²) in [6.07, 6.45) is 1.74. The third-order valence-corrected chi connectivity index (χ3v) is 2.57. The number of ether oxygens (including phenoxy) is 2. The van der Waals surface area contributed by atoms with Crippen molar-refractivity contribution >= 4 is 0 Å². The first-order valence-electron chi connectivity index (χ1n) is 4.61. The number of hydrogen-bond acceptors (Lipinski definition) is 3. The summed E-state index contributed by atoms with van der Waals surface area (Å²) < 4.78 is 11.0. The second kappa shape index (κ2) is 4.21. The summed E-state index contributed by atoms with van der Waals surface area (Å²) in [6, 6.07) is 0. The molecule has 0 saturated carbocycles. The van der Waals surface area contributed by atoms with E-state index in [0.29, 0.717) is 19.1 Å². The molecule has 3 nitrogen and oxygen atoms in total. The van der Waals surface area contributed by atoms with Crippen LogP contribution in [0.3, 0.4) is 0 Å². The Bertz CT molecular complexity index is 130. The van der Waals surface area contributed by atoms with Crippen molar-refractivity contribution in [1.29, 1.82) is 0 Å². The Morgan fingerprint density at radius 3 is 2.42 bits per heavy atom. The first-order valence-corrected chi connectivity index (χ1v) is 4.61. The van der Waals surface area contributed by atoms with Gasteiger partial charge in [-0.3, -0.25) is 0 Å². The summed E-state index contributed by atoms with van der Waals surface area (Å²) >= 11 is 0. The molecule has 0 aromatic heterocycles. The van der Waals surface area contributed by atoms with Gasteiger partial charge in [0.25, 0.3) is 0 Å². The minimum atomic E-state index is -0.447. The van der Waals surface area contributed by atoms with Gasteiger partial charge >= 0.3 is 0 Å². The van der Waals surface area contributed by atoms with Crippen LogP contribution in [0, 0.1) is 5.92 Å². The zero-order chi connectivity index (χ0) is 9.03. The van der Waals surface area contributed by atoms with E-state index in [9.17, 15) is 0 Å². The molecule has 0 amide bonds. The smallest absolute Gasteiger partial charge is 0.168 e. The average molecular weight is 174 g/mol. The summed E-state index contributed by atoms with van der Waals surface area (Å²) in [5, 5.41) is 8.83. The topological polar surface area (TPSA) is 38.7 Å². The van der Waals surface area contributed by atoms with Gasteiger partial charge in [0.1, 0.15) is 0 Å². The van der Waals surface area contributed by atoms with E-state index in [1.807, 2.05) is 6.92 Å². The van der Waals surface area contributed by atoms with Gasteiger partial charge in [-0.05, 0) is 19.8 Å². The largest absolute Gasteiger partial charge is 0.396 e. The summed E-state index contributed by atoms with van der Waals surface area (Å²) in [4.78, 5) is 0. The van der Waals surface area contributed by atoms with E-state index < -0.39 is 5.79 Å². The second-order valence-corrected chi connectivity index (χ2v) is 3.33. The quantitative estimate of drug-likeness (QED) is 0.695. The molecule has 0 spiro atoms. The van der Waals surface area contributed by atoms with Crippen molar-refractivity contribution in [3.05, 3.63) is 0 Å². The molecule has 0 aromatic carbocycles. The standard InChI is InChI=1S/C9H18O3/c1-3-8(4-5-10)9(2)11-6-7-12-9/h8,10H,3-7H2,1-2H3/t8-/m0/s1. The molecular formula is C9H18O3. The van der Waals surface area contributed by atoms with E-state index in [4.69, 9.17) is 14.6 Å². The second-order valence-electron chi connectivity index (χ2n) is 3.33. The van der Waals surface area contributed by atoms with E-state index in [0.717, 1.165) is 12.8 Å². The molecule has 0 unspecified atom stereocenters. The lowest BCUT2D eigenvalue weighted by Gasteiger charge is -2.31. The molecule has 1 rings (SSSR count). The highest BCUT2D eigenvalue weighted by atomic mass is 16.7. The number of aliphatic hydroxyl groups is 1. The molecule has 0 aliphatic carbocycles. The van der Waals surface area contributed by atoms with Crippen LogP contribution in [0.1, 0.15) is 26.7 Å². The molecule has 1 saturated heterocycles. The molecule has 1 aliphatic heterocycles. The number of aliphatic hydroxyl groups excluding tert-OH is 1. The zero-order valence-corrected chi connectivity index (χ0v) is 7.88. The lowest BCUT2D eigenvalue weighted by molar-refractivity contribution is -0.185. The molecule has 1 aliphatic rings. The molecule has 72 valence electrons. The highest BCUT2D eigenvalue weighted by molar-refractivity contribution is 4.77. The van der Waals surface area contributed by atoms with E-state index in [2.05, 4.69) is 6.92 Å². The minimum Gasteiger partial charge on any atom is -0.396 e. The zero-order valence-electron chi connectivity index (χ0n) is 7.88. The maximum atomic E-state index is 8.83. The Hall–Kier alpha value is -0.120. The van der Waals surface area contributed by atoms with Crippen molar-refractivity contribution < 1.29 is 14.6 Å². The Balaban J connectivity index is 2.50. The van der Waals surface area contributed by atoms with E-state index in [1.54, 1.807) is 0 Å². The summed E-state index contributed by atoms with van der Waals surface area (Å²) in [7, 11) is 0. The molecule has 0 bridgehead atoms. The van der Waals surface area contributed by atoms with Gasteiger partial charge in [0.15, 0.2) is 5.79 Å². The Kier molecular flexibility index (Phi) is 3.50. The van der Waals surface area contributed by atoms with Gasteiger partial charge in [-0.2, -0.15) is 0 Å². The third-order valence-electron chi connectivity index (χ3n) is 2.57. The Morgan fingerprint density at radius 1 is 1.42 bits per heavy atom. The van der Waals surface area contributed by atoms with Crippen molar-refractivity contribution in [3.63, 3.8) is 0 Å². The fourth-order valence-electron chi connectivity index (χ4n) is 1.76. The summed E-state index contributed by atoms with van der Waals surface area (Å²) in [5.74, 6) is -0.137. The van der Waals surface area contributed by atoms with Crippen LogP contribution in [0.15, 0.2) is 0 Å². The third kappa shape index (κ3) is 1.97. The minimum absolute atomic E-state index is 0.209. The predicted molar refractivity (Wildman–Crippen MR) is 45.8 cm³/mol. The van der Waals surface area contributed by atoms with Crippen LogP contribution in [-0.4, -0.2) is 30.7 Å². The lowest BCUT2D eigenvalue weighted by Crippen LogP contribution is -2.36. The van der Waals surface area contributed by atoms with Crippen LogP contribution in [0.25, 0.3) is 0 Å². The Morgan fingerprint density at radius 2 is 2.00 bits per heavy atom. The first kappa shape index (κ1) is 9.96. The normalized spacial score (nSPS) is 24.2. The molecule has 0 radical (unpaired) electrons. The van der Waals surface area contributed by atoms with E-state index >= 15 is 0 Å². The van der Waals surface area contributed by atoms with Gasteiger partial charge in [-0.15, -0.1) is 0 Å². The van der Waals surface area contributed by atoms with Gasteiger partial charge in [0, 0.05) is 12.5 Å². The Labute approximate surface area is 73.7 Å². The molecule has 0 aromatic rings. The van der Waals surface area contributed by atoms with Gasteiger partial charge < -0.3 is 14.6 Å². The fraction of sp³-hybridized carbons (Fsp3) is 1.00. The van der Waals surface area contributed by atoms with Crippen molar-refractivity contribution in [2.45, 2.75) is 32.5 Å². The molecule has 1 atom stereocenters. The molecule has 1 N–H and O–H groups in total. The monoisotopic (exact) mass is 174 g/mol. The van der Waals surface area contributed by atoms with Crippen LogP contribution < -0.4 is 0 Å². The molecular weight excluding hydrogens is 156 g/mol. The van der Waals surface area contributed by atoms with Gasteiger partial charge in [0.2, 0.25) is 0 Å². The summed E-state index contributed by atoms with van der Waals surface area (Å²) in [6.45, 7) is 5.62. The highest BCUT2D eigenvalue weighted by Gasteiger charge is 2.38. The van der Waals surface area contributed by atoms with Crippen molar-refractivity contribution in [3.8, 4) is 0 Å². The van der Waals surface area contributed by atoms with Crippen molar-refractivity contribution in [2.24, 2.45) is 5.92 Å². The van der Waals surface area contributed by atoms with Gasteiger partial charge in [0.05, 0.1) is 13.2 Å².